The summed E-state index contributed by atoms with van der Waals surface area (Å²) in [6.45, 7) is 2.03. The van der Waals surface area contributed by atoms with Crippen molar-refractivity contribution in [2.45, 2.75) is 6.92 Å². The number of pyridine rings is 1. The zero-order chi connectivity index (χ0) is 19.7. The van der Waals surface area contributed by atoms with Gasteiger partial charge in [-0.05, 0) is 36.2 Å². The minimum atomic E-state index is -0.149. The summed E-state index contributed by atoms with van der Waals surface area (Å²) in [6, 6.07) is 15.3. The van der Waals surface area contributed by atoms with Gasteiger partial charge in [-0.1, -0.05) is 30.3 Å². The number of anilines is 3. The smallest absolute Gasteiger partial charge is 0.251 e. The third-order valence-electron chi connectivity index (χ3n) is 4.68. The molecule has 0 fully saturated rings. The van der Waals surface area contributed by atoms with E-state index in [-0.39, 0.29) is 5.91 Å². The van der Waals surface area contributed by atoms with E-state index in [4.69, 9.17) is 5.73 Å². The number of hydrogen-bond donors (Lipinski definition) is 4. The van der Waals surface area contributed by atoms with E-state index in [1.807, 2.05) is 49.4 Å². The number of nitrogens with two attached hydrogens (primary N) is 1. The number of carbonyl (C=O) groups excluding carboxylic acids is 1. The van der Waals surface area contributed by atoms with Crippen molar-refractivity contribution in [3.8, 4) is 11.1 Å². The molecule has 2 aromatic heterocycles. The Kier molecular flexibility index (Phi) is 4.41. The van der Waals surface area contributed by atoms with Crippen molar-refractivity contribution in [3.05, 3.63) is 65.9 Å². The molecule has 0 spiro atoms. The number of rotatable bonds is 4. The van der Waals surface area contributed by atoms with Crippen LogP contribution in [0.2, 0.25) is 0 Å². The van der Waals surface area contributed by atoms with Crippen molar-refractivity contribution in [2.75, 3.05) is 18.1 Å². The lowest BCUT2D eigenvalue weighted by atomic mass is 10.0. The van der Waals surface area contributed by atoms with E-state index >= 15 is 0 Å². The molecule has 0 radical (unpaired) electrons. The average molecular weight is 372 g/mol. The van der Waals surface area contributed by atoms with Gasteiger partial charge in [0.25, 0.3) is 5.91 Å². The second-order valence-corrected chi connectivity index (χ2v) is 6.48. The quantitative estimate of drug-likeness (QED) is 0.437. The van der Waals surface area contributed by atoms with Crippen LogP contribution in [-0.2, 0) is 0 Å². The summed E-state index contributed by atoms with van der Waals surface area (Å²) in [5.74, 6) is 0.870. The molecule has 0 aliphatic carbocycles. The molecule has 5 N–H and O–H groups in total. The summed E-state index contributed by atoms with van der Waals surface area (Å²) in [5, 5.41) is 13.9. The van der Waals surface area contributed by atoms with E-state index in [1.165, 1.54) is 0 Å². The summed E-state index contributed by atoms with van der Waals surface area (Å²) in [5.41, 5.74) is 11.1. The molecule has 140 valence electrons. The third-order valence-corrected chi connectivity index (χ3v) is 4.68. The van der Waals surface area contributed by atoms with Crippen molar-refractivity contribution in [1.82, 2.24) is 20.5 Å². The Morgan fingerprint density at radius 1 is 1.14 bits per heavy atom. The van der Waals surface area contributed by atoms with Crippen LogP contribution in [0.5, 0.6) is 0 Å². The summed E-state index contributed by atoms with van der Waals surface area (Å²) in [6.07, 6.45) is 1.75. The Hall–Kier alpha value is -3.87. The minimum absolute atomic E-state index is 0.149. The predicted molar refractivity (Wildman–Crippen MR) is 112 cm³/mol. The number of aryl methyl sites for hydroxylation is 1. The maximum atomic E-state index is 12.0. The Labute approximate surface area is 162 Å². The van der Waals surface area contributed by atoms with Gasteiger partial charge in [0.2, 0.25) is 0 Å². The van der Waals surface area contributed by atoms with Gasteiger partial charge in [-0.3, -0.25) is 9.89 Å². The SMILES string of the molecule is CNC(=O)c1cccc(-c2cnc(Nc3ccccc3C)c3[nH]nc(N)c23)c1. The molecular weight excluding hydrogens is 352 g/mol. The molecule has 7 nitrogen and oxygen atoms in total. The van der Waals surface area contributed by atoms with Gasteiger partial charge >= 0.3 is 0 Å². The highest BCUT2D eigenvalue weighted by atomic mass is 16.1. The van der Waals surface area contributed by atoms with E-state index in [0.29, 0.717) is 22.7 Å². The van der Waals surface area contributed by atoms with Crippen molar-refractivity contribution < 1.29 is 4.79 Å². The van der Waals surface area contributed by atoms with Crippen LogP contribution in [-0.4, -0.2) is 28.1 Å². The molecule has 2 heterocycles. The summed E-state index contributed by atoms with van der Waals surface area (Å²) >= 11 is 0. The van der Waals surface area contributed by atoms with Crippen LogP contribution < -0.4 is 16.4 Å². The van der Waals surface area contributed by atoms with Crippen molar-refractivity contribution >= 4 is 34.1 Å². The van der Waals surface area contributed by atoms with Gasteiger partial charge < -0.3 is 16.4 Å². The number of nitrogens with zero attached hydrogens (tertiary/aromatic N) is 2. The van der Waals surface area contributed by atoms with Gasteiger partial charge in [-0.15, -0.1) is 0 Å². The van der Waals surface area contributed by atoms with Crippen LogP contribution in [0.3, 0.4) is 0 Å². The highest BCUT2D eigenvalue weighted by molar-refractivity contribution is 6.06. The van der Waals surface area contributed by atoms with Gasteiger partial charge in [0.05, 0.1) is 5.39 Å². The number of amides is 1. The lowest BCUT2D eigenvalue weighted by molar-refractivity contribution is 0.0963. The second-order valence-electron chi connectivity index (χ2n) is 6.48. The first-order valence-corrected chi connectivity index (χ1v) is 8.86. The molecular formula is C21H20N6O. The van der Waals surface area contributed by atoms with E-state index in [0.717, 1.165) is 27.8 Å². The molecule has 0 saturated heterocycles. The fourth-order valence-electron chi connectivity index (χ4n) is 3.18. The first kappa shape index (κ1) is 17.5. The first-order chi connectivity index (χ1) is 13.6. The molecule has 0 atom stereocenters. The largest absolute Gasteiger partial charge is 0.382 e. The lowest BCUT2D eigenvalue weighted by Gasteiger charge is -2.12. The maximum Gasteiger partial charge on any atom is 0.251 e. The van der Waals surface area contributed by atoms with E-state index in [9.17, 15) is 4.79 Å². The molecule has 0 bridgehead atoms. The lowest BCUT2D eigenvalue weighted by Crippen LogP contribution is -2.17. The zero-order valence-electron chi connectivity index (χ0n) is 15.6. The number of aromatic amines is 1. The van der Waals surface area contributed by atoms with Crippen LogP contribution in [0.25, 0.3) is 22.0 Å². The topological polar surface area (TPSA) is 109 Å². The minimum Gasteiger partial charge on any atom is -0.382 e. The number of aromatic nitrogens is 3. The Balaban J connectivity index is 1.83. The monoisotopic (exact) mass is 372 g/mol. The van der Waals surface area contributed by atoms with Crippen LogP contribution in [0.1, 0.15) is 15.9 Å². The molecule has 0 unspecified atom stereocenters. The second kappa shape index (κ2) is 7.03. The highest BCUT2D eigenvalue weighted by Crippen LogP contribution is 2.35. The standard InChI is InChI=1S/C21H20N6O/c1-12-6-3-4-9-16(12)25-20-18-17(19(22)27-26-18)15(11-24-20)13-7-5-8-14(10-13)21(28)23-2/h3-11H,1-2H3,(H,23,28)(H,24,25)(H3,22,26,27). The Morgan fingerprint density at radius 2 is 1.96 bits per heavy atom. The number of H-pyrrole nitrogens is 1. The fraction of sp³-hybridized carbons (Fsp3) is 0.0952. The first-order valence-electron chi connectivity index (χ1n) is 8.86. The molecule has 1 amide bonds. The molecule has 0 aliphatic rings. The van der Waals surface area contributed by atoms with Crippen LogP contribution in [0.15, 0.2) is 54.7 Å². The maximum absolute atomic E-state index is 12.0. The zero-order valence-corrected chi connectivity index (χ0v) is 15.6. The number of nitrogens with one attached hydrogen (secondary N) is 3. The van der Waals surface area contributed by atoms with Crippen molar-refractivity contribution in [2.24, 2.45) is 0 Å². The fourth-order valence-corrected chi connectivity index (χ4v) is 3.18. The molecule has 0 aliphatic heterocycles. The molecule has 4 aromatic rings. The summed E-state index contributed by atoms with van der Waals surface area (Å²) in [4.78, 5) is 16.6. The van der Waals surface area contributed by atoms with Crippen molar-refractivity contribution in [3.63, 3.8) is 0 Å². The van der Waals surface area contributed by atoms with Gasteiger partial charge in [-0.2, -0.15) is 5.10 Å². The van der Waals surface area contributed by atoms with Gasteiger partial charge in [0.15, 0.2) is 11.6 Å². The molecule has 7 heteroatoms. The van der Waals surface area contributed by atoms with E-state index in [1.54, 1.807) is 19.3 Å². The number of fused-ring (bicyclic) bond motifs is 1. The van der Waals surface area contributed by atoms with Crippen LogP contribution in [0.4, 0.5) is 17.3 Å². The normalized spacial score (nSPS) is 10.8. The third kappa shape index (κ3) is 3.03. The number of nitrogen functional groups attached to an aromatic ring is 1. The van der Waals surface area contributed by atoms with Gasteiger partial charge in [0, 0.05) is 30.1 Å². The average Bonchev–Trinajstić information content (AvgIpc) is 3.11. The predicted octanol–water partition coefficient (Wildman–Crippen LogP) is 3.62. The highest BCUT2D eigenvalue weighted by Gasteiger charge is 2.16. The summed E-state index contributed by atoms with van der Waals surface area (Å²) < 4.78 is 0. The molecule has 28 heavy (non-hydrogen) atoms. The number of para-hydroxylation sites is 1. The van der Waals surface area contributed by atoms with E-state index < -0.39 is 0 Å². The Bertz CT molecular complexity index is 1180. The van der Waals surface area contributed by atoms with Crippen LogP contribution in [0, 0.1) is 6.92 Å². The number of carbonyl (C=O) groups is 1. The molecule has 4 rings (SSSR count). The molecule has 0 saturated carbocycles. The Morgan fingerprint density at radius 3 is 2.75 bits per heavy atom. The number of benzene rings is 2. The van der Waals surface area contributed by atoms with Gasteiger partial charge in [0.1, 0.15) is 5.52 Å². The molecule has 2 aromatic carbocycles. The summed E-state index contributed by atoms with van der Waals surface area (Å²) in [7, 11) is 1.61. The number of hydrogen-bond acceptors (Lipinski definition) is 5. The van der Waals surface area contributed by atoms with Crippen LogP contribution >= 0.6 is 0 Å². The van der Waals surface area contributed by atoms with Gasteiger partial charge in [-0.25, -0.2) is 4.98 Å². The van der Waals surface area contributed by atoms with Crippen molar-refractivity contribution in [1.29, 1.82) is 0 Å². The van der Waals surface area contributed by atoms with E-state index in [2.05, 4.69) is 25.8 Å².